The molecule has 0 aromatic heterocycles. The molecule has 5 nitrogen and oxygen atoms in total. The SMILES string of the molecule is COC1(C(=O)N2CCC(N(C)C)C2)CCNCC1. The second-order valence-electron chi connectivity index (χ2n) is 5.61. The number of hydrogen-bond donors (Lipinski definition) is 1. The number of rotatable bonds is 3. The zero-order valence-corrected chi connectivity index (χ0v) is 11.7. The van der Waals surface area contributed by atoms with Gasteiger partial charge in [0, 0.05) is 26.2 Å². The van der Waals surface area contributed by atoms with Crippen LogP contribution in [-0.4, -0.2) is 74.7 Å². The third kappa shape index (κ3) is 2.53. The Morgan fingerprint density at radius 3 is 2.56 bits per heavy atom. The van der Waals surface area contributed by atoms with E-state index in [4.69, 9.17) is 4.74 Å². The summed E-state index contributed by atoms with van der Waals surface area (Å²) in [7, 11) is 5.83. The molecule has 2 heterocycles. The predicted molar refractivity (Wildman–Crippen MR) is 70.5 cm³/mol. The van der Waals surface area contributed by atoms with Crippen molar-refractivity contribution in [2.45, 2.75) is 30.9 Å². The zero-order valence-electron chi connectivity index (χ0n) is 11.7. The van der Waals surface area contributed by atoms with Gasteiger partial charge in [0.1, 0.15) is 5.60 Å². The lowest BCUT2D eigenvalue weighted by Gasteiger charge is -2.37. The smallest absolute Gasteiger partial charge is 0.254 e. The van der Waals surface area contributed by atoms with Crippen molar-refractivity contribution in [3.63, 3.8) is 0 Å². The molecule has 18 heavy (non-hydrogen) atoms. The highest BCUT2D eigenvalue weighted by Crippen LogP contribution is 2.27. The van der Waals surface area contributed by atoms with E-state index in [9.17, 15) is 4.79 Å². The Hall–Kier alpha value is -0.650. The summed E-state index contributed by atoms with van der Waals surface area (Å²) in [5.74, 6) is 0.191. The maximum absolute atomic E-state index is 12.7. The summed E-state index contributed by atoms with van der Waals surface area (Å²) in [5.41, 5.74) is -0.577. The van der Waals surface area contributed by atoms with Crippen LogP contribution in [0.15, 0.2) is 0 Å². The van der Waals surface area contributed by atoms with Crippen molar-refractivity contribution in [2.75, 3.05) is 47.4 Å². The third-order valence-electron chi connectivity index (χ3n) is 4.37. The first-order chi connectivity index (χ1) is 8.59. The van der Waals surface area contributed by atoms with Gasteiger partial charge in [0.15, 0.2) is 0 Å². The first kappa shape index (κ1) is 13.8. The van der Waals surface area contributed by atoms with Gasteiger partial charge in [-0.1, -0.05) is 0 Å². The van der Waals surface area contributed by atoms with Gasteiger partial charge in [-0.3, -0.25) is 4.79 Å². The predicted octanol–water partition coefficient (Wildman–Crippen LogP) is -0.0825. The van der Waals surface area contributed by atoms with E-state index < -0.39 is 5.60 Å². The van der Waals surface area contributed by atoms with E-state index in [1.807, 2.05) is 4.90 Å². The summed E-state index contributed by atoms with van der Waals surface area (Å²) in [5, 5.41) is 3.29. The van der Waals surface area contributed by atoms with Crippen LogP contribution in [0.25, 0.3) is 0 Å². The van der Waals surface area contributed by atoms with Crippen LogP contribution in [-0.2, 0) is 9.53 Å². The van der Waals surface area contributed by atoms with Gasteiger partial charge in [0.2, 0.25) is 0 Å². The molecule has 2 rings (SSSR count). The average molecular weight is 255 g/mol. The van der Waals surface area contributed by atoms with Crippen molar-refractivity contribution in [3.8, 4) is 0 Å². The number of hydrogen-bond acceptors (Lipinski definition) is 4. The lowest BCUT2D eigenvalue weighted by Crippen LogP contribution is -2.55. The van der Waals surface area contributed by atoms with Crippen molar-refractivity contribution in [1.29, 1.82) is 0 Å². The standard InChI is InChI=1S/C13H25N3O2/c1-15(2)11-4-9-16(10-11)12(17)13(18-3)5-7-14-8-6-13/h11,14H,4-10H2,1-3H3. The largest absolute Gasteiger partial charge is 0.368 e. The fourth-order valence-corrected chi connectivity index (χ4v) is 2.97. The van der Waals surface area contributed by atoms with E-state index in [0.717, 1.165) is 45.4 Å². The number of likely N-dealkylation sites (tertiary alicyclic amines) is 1. The van der Waals surface area contributed by atoms with Crippen molar-refractivity contribution in [2.24, 2.45) is 0 Å². The van der Waals surface area contributed by atoms with Gasteiger partial charge in [0.05, 0.1) is 0 Å². The van der Waals surface area contributed by atoms with Gasteiger partial charge in [-0.25, -0.2) is 0 Å². The monoisotopic (exact) mass is 255 g/mol. The number of nitrogens with zero attached hydrogens (tertiary/aromatic N) is 2. The van der Waals surface area contributed by atoms with Crippen LogP contribution in [0, 0.1) is 0 Å². The Labute approximate surface area is 109 Å². The van der Waals surface area contributed by atoms with Gasteiger partial charge in [-0.2, -0.15) is 0 Å². The molecule has 0 radical (unpaired) electrons. The highest BCUT2D eigenvalue weighted by atomic mass is 16.5. The molecule has 0 aromatic carbocycles. The average Bonchev–Trinajstić information content (AvgIpc) is 2.88. The lowest BCUT2D eigenvalue weighted by atomic mass is 9.90. The van der Waals surface area contributed by atoms with Crippen molar-refractivity contribution < 1.29 is 9.53 Å². The molecule has 2 aliphatic rings. The summed E-state index contributed by atoms with van der Waals surface area (Å²) in [6, 6.07) is 0.490. The number of piperidine rings is 1. The number of carbonyl (C=O) groups is 1. The first-order valence-corrected chi connectivity index (χ1v) is 6.81. The van der Waals surface area contributed by atoms with E-state index >= 15 is 0 Å². The first-order valence-electron chi connectivity index (χ1n) is 6.81. The summed E-state index contributed by atoms with van der Waals surface area (Å²) in [6.45, 7) is 3.43. The second-order valence-corrected chi connectivity index (χ2v) is 5.61. The molecular formula is C13H25N3O2. The van der Waals surface area contributed by atoms with Crippen LogP contribution >= 0.6 is 0 Å². The number of methoxy groups -OCH3 is 1. The molecule has 1 N–H and O–H groups in total. The van der Waals surface area contributed by atoms with Crippen LogP contribution in [0.3, 0.4) is 0 Å². The normalized spacial score (nSPS) is 27.8. The fourth-order valence-electron chi connectivity index (χ4n) is 2.97. The second kappa shape index (κ2) is 5.55. The van der Waals surface area contributed by atoms with E-state index in [-0.39, 0.29) is 5.91 Å². The molecule has 2 saturated heterocycles. The van der Waals surface area contributed by atoms with Gasteiger partial charge in [-0.15, -0.1) is 0 Å². The quantitative estimate of drug-likeness (QED) is 0.766. The van der Waals surface area contributed by atoms with Crippen molar-refractivity contribution >= 4 is 5.91 Å². The number of nitrogens with one attached hydrogen (secondary N) is 1. The number of likely N-dealkylation sites (N-methyl/N-ethyl adjacent to an activating group) is 1. The topological polar surface area (TPSA) is 44.8 Å². The van der Waals surface area contributed by atoms with Gasteiger partial charge >= 0.3 is 0 Å². The van der Waals surface area contributed by atoms with Crippen LogP contribution in [0.4, 0.5) is 0 Å². The minimum atomic E-state index is -0.577. The Bertz CT molecular complexity index is 301. The zero-order chi connectivity index (χ0) is 13.2. The molecule has 2 fully saturated rings. The fraction of sp³-hybridized carbons (Fsp3) is 0.923. The van der Waals surface area contributed by atoms with Crippen LogP contribution < -0.4 is 5.32 Å². The van der Waals surface area contributed by atoms with Gasteiger partial charge in [-0.05, 0) is 46.4 Å². The van der Waals surface area contributed by atoms with Crippen LogP contribution in [0.2, 0.25) is 0 Å². The molecule has 0 aromatic rings. The number of amides is 1. The Balaban J connectivity index is 2.02. The molecule has 0 aliphatic carbocycles. The Morgan fingerprint density at radius 1 is 1.39 bits per heavy atom. The summed E-state index contributed by atoms with van der Waals surface area (Å²) in [4.78, 5) is 16.9. The molecule has 104 valence electrons. The highest BCUT2D eigenvalue weighted by molar-refractivity contribution is 5.85. The molecule has 0 saturated carbocycles. The third-order valence-corrected chi connectivity index (χ3v) is 4.37. The molecule has 1 atom stereocenters. The minimum absolute atomic E-state index is 0.191. The van der Waals surface area contributed by atoms with Crippen molar-refractivity contribution in [3.05, 3.63) is 0 Å². The molecule has 1 unspecified atom stereocenters. The minimum Gasteiger partial charge on any atom is -0.368 e. The summed E-state index contributed by atoms with van der Waals surface area (Å²) in [6.07, 6.45) is 2.63. The lowest BCUT2D eigenvalue weighted by molar-refractivity contribution is -0.157. The van der Waals surface area contributed by atoms with Gasteiger partial charge < -0.3 is 19.9 Å². The van der Waals surface area contributed by atoms with Crippen LogP contribution in [0.1, 0.15) is 19.3 Å². The number of carbonyl (C=O) groups excluding carboxylic acids is 1. The van der Waals surface area contributed by atoms with E-state index in [1.54, 1.807) is 7.11 Å². The Kier molecular flexibility index (Phi) is 4.25. The molecule has 0 bridgehead atoms. The van der Waals surface area contributed by atoms with E-state index in [1.165, 1.54) is 0 Å². The highest BCUT2D eigenvalue weighted by Gasteiger charge is 2.44. The molecular weight excluding hydrogens is 230 g/mol. The molecule has 5 heteroatoms. The summed E-state index contributed by atoms with van der Waals surface area (Å²) < 4.78 is 5.60. The summed E-state index contributed by atoms with van der Waals surface area (Å²) >= 11 is 0. The maximum atomic E-state index is 12.7. The van der Waals surface area contributed by atoms with Crippen LogP contribution in [0.5, 0.6) is 0 Å². The maximum Gasteiger partial charge on any atom is 0.254 e. The molecule has 1 amide bonds. The van der Waals surface area contributed by atoms with Crippen molar-refractivity contribution in [1.82, 2.24) is 15.1 Å². The molecule has 2 aliphatic heterocycles. The number of ether oxygens (including phenoxy) is 1. The Morgan fingerprint density at radius 2 is 2.06 bits per heavy atom. The van der Waals surface area contributed by atoms with E-state index in [2.05, 4.69) is 24.3 Å². The molecule has 0 spiro atoms. The van der Waals surface area contributed by atoms with E-state index in [0.29, 0.717) is 6.04 Å². The van der Waals surface area contributed by atoms with Gasteiger partial charge in [0.25, 0.3) is 5.91 Å².